The molecule has 7 nitrogen and oxygen atoms in total. The summed E-state index contributed by atoms with van der Waals surface area (Å²) in [5.41, 5.74) is 1.59. The minimum Gasteiger partial charge on any atom is -0.355 e. The molecular weight excluding hydrogens is 560 g/mol. The molecule has 3 rings (SSSR count). The zero-order chi connectivity index (χ0) is 29.3. The van der Waals surface area contributed by atoms with Gasteiger partial charge < -0.3 is 10.2 Å². The number of nitrogens with zero attached hydrogens (tertiary/aromatic N) is 2. The Morgan fingerprint density at radius 1 is 0.950 bits per heavy atom. The molecule has 0 heterocycles. The molecule has 40 heavy (non-hydrogen) atoms. The smallest absolute Gasteiger partial charge is 0.243 e. The molecule has 0 aliphatic carbocycles. The van der Waals surface area contributed by atoms with E-state index in [9.17, 15) is 26.8 Å². The maximum Gasteiger partial charge on any atom is 0.243 e. The van der Waals surface area contributed by atoms with Crippen LogP contribution in [-0.4, -0.2) is 50.5 Å². The van der Waals surface area contributed by atoms with Crippen LogP contribution < -0.4 is 9.62 Å². The summed E-state index contributed by atoms with van der Waals surface area (Å²) in [6, 6.07) is 18.3. The maximum absolute atomic E-state index is 13.8. The van der Waals surface area contributed by atoms with Crippen LogP contribution in [0.15, 0.2) is 72.8 Å². The van der Waals surface area contributed by atoms with Gasteiger partial charge in [0, 0.05) is 43.6 Å². The van der Waals surface area contributed by atoms with Crippen molar-refractivity contribution in [3.05, 3.63) is 101 Å². The molecule has 0 saturated carbocycles. The highest BCUT2D eigenvalue weighted by Crippen LogP contribution is 2.22. The fraction of sp³-hybridized carbons (Fsp3) is 0.310. The van der Waals surface area contributed by atoms with E-state index < -0.39 is 27.7 Å². The van der Waals surface area contributed by atoms with E-state index in [2.05, 4.69) is 5.32 Å². The van der Waals surface area contributed by atoms with Crippen LogP contribution in [0.5, 0.6) is 0 Å². The van der Waals surface area contributed by atoms with Crippen LogP contribution in [0.4, 0.5) is 14.5 Å². The van der Waals surface area contributed by atoms with E-state index >= 15 is 0 Å². The maximum atomic E-state index is 13.8. The first-order valence-corrected chi connectivity index (χ1v) is 15.0. The van der Waals surface area contributed by atoms with Crippen LogP contribution >= 0.6 is 11.6 Å². The van der Waals surface area contributed by atoms with Gasteiger partial charge in [0.05, 0.1) is 11.9 Å². The Morgan fingerprint density at radius 3 is 2.23 bits per heavy atom. The number of nitrogens with one attached hydrogen (secondary N) is 1. The van der Waals surface area contributed by atoms with Crippen molar-refractivity contribution in [2.45, 2.75) is 38.8 Å². The van der Waals surface area contributed by atoms with Crippen LogP contribution in [0.3, 0.4) is 0 Å². The molecule has 0 bridgehead atoms. The Morgan fingerprint density at radius 2 is 1.62 bits per heavy atom. The molecule has 0 aliphatic rings. The minimum atomic E-state index is -3.85. The number of anilines is 1. The van der Waals surface area contributed by atoms with E-state index in [4.69, 9.17) is 11.6 Å². The Hall–Kier alpha value is -3.50. The first-order valence-electron chi connectivity index (χ1n) is 12.8. The minimum absolute atomic E-state index is 0.0452. The molecule has 0 aromatic heterocycles. The summed E-state index contributed by atoms with van der Waals surface area (Å²) in [7, 11) is -3.85. The van der Waals surface area contributed by atoms with Crippen LogP contribution in [-0.2, 0) is 32.6 Å². The number of sulfonamides is 1. The highest BCUT2D eigenvalue weighted by molar-refractivity contribution is 7.92. The second kappa shape index (κ2) is 14.2. The highest BCUT2D eigenvalue weighted by atomic mass is 35.5. The fourth-order valence-corrected chi connectivity index (χ4v) is 5.36. The molecule has 11 heteroatoms. The van der Waals surface area contributed by atoms with Crippen molar-refractivity contribution in [2.24, 2.45) is 0 Å². The molecule has 214 valence electrons. The summed E-state index contributed by atoms with van der Waals surface area (Å²) in [6.07, 6.45) is 1.22. The average molecular weight is 592 g/mol. The Kier molecular flexibility index (Phi) is 11.0. The number of hydrogen-bond acceptors (Lipinski definition) is 4. The summed E-state index contributed by atoms with van der Waals surface area (Å²) in [6.45, 7) is 2.16. The Balaban J connectivity index is 1.86. The number of hydrogen-bond donors (Lipinski definition) is 1. The van der Waals surface area contributed by atoms with Crippen molar-refractivity contribution in [3.8, 4) is 0 Å². The van der Waals surface area contributed by atoms with Crippen molar-refractivity contribution >= 4 is 39.1 Å². The molecule has 0 spiro atoms. The molecule has 0 saturated heterocycles. The largest absolute Gasteiger partial charge is 0.355 e. The number of likely N-dealkylation sites (N-methyl/N-ethyl adjacent to an activating group) is 1. The average Bonchev–Trinajstić information content (AvgIpc) is 2.91. The molecule has 3 aromatic carbocycles. The number of carbonyl (C=O) groups excluding carboxylic acids is 2. The quantitative estimate of drug-likeness (QED) is 0.305. The summed E-state index contributed by atoms with van der Waals surface area (Å²) in [4.78, 5) is 28.4. The topological polar surface area (TPSA) is 86.8 Å². The van der Waals surface area contributed by atoms with Gasteiger partial charge in [-0.2, -0.15) is 0 Å². The normalized spacial score (nSPS) is 12.0. The highest BCUT2D eigenvalue weighted by Gasteiger charge is 2.30. The molecule has 2 amide bonds. The van der Waals surface area contributed by atoms with Crippen LogP contribution in [0, 0.1) is 11.6 Å². The van der Waals surface area contributed by atoms with E-state index in [0.29, 0.717) is 11.6 Å². The molecule has 1 atom stereocenters. The molecule has 3 aromatic rings. The summed E-state index contributed by atoms with van der Waals surface area (Å²) >= 11 is 6.03. The zero-order valence-electron chi connectivity index (χ0n) is 22.3. The van der Waals surface area contributed by atoms with Gasteiger partial charge in [-0.1, -0.05) is 54.1 Å². The van der Waals surface area contributed by atoms with Crippen LogP contribution in [0.25, 0.3) is 0 Å². The lowest BCUT2D eigenvalue weighted by Crippen LogP contribution is -2.50. The van der Waals surface area contributed by atoms with Crippen molar-refractivity contribution in [2.75, 3.05) is 23.7 Å². The lowest BCUT2D eigenvalue weighted by atomic mass is 10.0. The van der Waals surface area contributed by atoms with E-state index in [1.54, 1.807) is 31.2 Å². The van der Waals surface area contributed by atoms with E-state index in [-0.39, 0.29) is 49.9 Å². The van der Waals surface area contributed by atoms with Crippen molar-refractivity contribution in [3.63, 3.8) is 0 Å². The molecule has 0 aliphatic heterocycles. The van der Waals surface area contributed by atoms with Crippen molar-refractivity contribution in [1.29, 1.82) is 0 Å². The van der Waals surface area contributed by atoms with Gasteiger partial charge in [0.2, 0.25) is 21.8 Å². The van der Waals surface area contributed by atoms with E-state index in [1.807, 2.05) is 30.3 Å². The number of amides is 2. The third-order valence-electron chi connectivity index (χ3n) is 6.23. The second-order valence-electron chi connectivity index (χ2n) is 9.29. The summed E-state index contributed by atoms with van der Waals surface area (Å²) in [5, 5.41) is 3.35. The molecular formula is C29H32ClF2N3O4S. The zero-order valence-corrected chi connectivity index (χ0v) is 23.9. The predicted molar refractivity (Wildman–Crippen MR) is 152 cm³/mol. The van der Waals surface area contributed by atoms with Gasteiger partial charge in [-0.15, -0.1) is 0 Å². The third-order valence-corrected chi connectivity index (χ3v) is 7.68. The van der Waals surface area contributed by atoms with E-state index in [1.165, 1.54) is 11.0 Å². The predicted octanol–water partition coefficient (Wildman–Crippen LogP) is 4.94. The molecule has 0 radical (unpaired) electrons. The van der Waals surface area contributed by atoms with Gasteiger partial charge in [0.15, 0.2) is 11.6 Å². The van der Waals surface area contributed by atoms with Crippen LogP contribution in [0.2, 0.25) is 5.02 Å². The summed E-state index contributed by atoms with van der Waals surface area (Å²) in [5.74, 6) is -2.95. The van der Waals surface area contributed by atoms with Crippen molar-refractivity contribution < 1.29 is 26.8 Å². The second-order valence-corrected chi connectivity index (χ2v) is 11.6. The van der Waals surface area contributed by atoms with Crippen molar-refractivity contribution in [1.82, 2.24) is 10.2 Å². The number of halogens is 3. The lowest BCUT2D eigenvalue weighted by Gasteiger charge is -2.32. The summed E-state index contributed by atoms with van der Waals surface area (Å²) < 4.78 is 53.0. The first-order chi connectivity index (χ1) is 19.0. The third kappa shape index (κ3) is 8.76. The number of benzene rings is 3. The molecule has 1 N–H and O–H groups in total. The number of rotatable bonds is 13. The van der Waals surface area contributed by atoms with Gasteiger partial charge in [-0.05, 0) is 48.7 Å². The Labute approximate surface area is 238 Å². The van der Waals surface area contributed by atoms with Gasteiger partial charge in [0.1, 0.15) is 6.04 Å². The monoisotopic (exact) mass is 591 g/mol. The first kappa shape index (κ1) is 31.0. The van der Waals surface area contributed by atoms with Crippen LogP contribution in [0.1, 0.15) is 30.9 Å². The Bertz CT molecular complexity index is 1410. The SMILES string of the molecule is CCNC(=O)C(Cc1ccccc1)N(Cc1ccc(Cl)cc1)C(=O)CCCN(c1ccc(F)c(F)c1)S(C)(=O)=O. The van der Waals surface area contributed by atoms with Gasteiger partial charge in [-0.3, -0.25) is 13.9 Å². The molecule has 1 unspecified atom stereocenters. The molecule has 0 fully saturated rings. The fourth-order valence-electron chi connectivity index (χ4n) is 4.28. The standard InChI is InChI=1S/C29H32ClF2N3O4S/c1-3-33-29(37)27(18-21-8-5-4-6-9-21)34(20-22-11-13-23(30)14-12-22)28(36)10-7-17-35(40(2,38)39)24-15-16-25(31)26(32)19-24/h4-6,8-9,11-16,19,27H,3,7,10,17-18,20H2,1-2H3,(H,33,37). The lowest BCUT2D eigenvalue weighted by molar-refractivity contribution is -0.141. The van der Waals surface area contributed by atoms with Gasteiger partial charge in [-0.25, -0.2) is 17.2 Å². The number of carbonyl (C=O) groups is 2. The van der Waals surface area contributed by atoms with Gasteiger partial charge >= 0.3 is 0 Å². The van der Waals surface area contributed by atoms with E-state index in [0.717, 1.165) is 33.8 Å². The van der Waals surface area contributed by atoms with Gasteiger partial charge in [0.25, 0.3) is 0 Å².